The zero-order valence-corrected chi connectivity index (χ0v) is 25.9. The smallest absolute Gasteiger partial charge is 0.390 e. The van der Waals surface area contributed by atoms with Gasteiger partial charge in [-0.1, -0.05) is 73.5 Å². The monoisotopic (exact) mass is 616 g/mol. The number of aryl methyl sites for hydroxylation is 4. The van der Waals surface area contributed by atoms with E-state index in [1.54, 1.807) is 48.5 Å². The first kappa shape index (κ1) is 34.4. The predicted molar refractivity (Wildman–Crippen MR) is 172 cm³/mol. The lowest BCUT2D eigenvalue weighted by Crippen LogP contribution is -2.08. The average Bonchev–Trinajstić information content (AvgIpc) is 3.06. The second-order valence-corrected chi connectivity index (χ2v) is 9.68. The minimum atomic E-state index is -0.815. The molecule has 4 rings (SSSR count). The van der Waals surface area contributed by atoms with Crippen molar-refractivity contribution < 1.29 is 38.1 Å². The van der Waals surface area contributed by atoms with Gasteiger partial charge in [0, 0.05) is 23.7 Å². The molecule has 0 atom stereocenters. The molecule has 8 heteroatoms. The first-order valence-corrected chi connectivity index (χ1v) is 14.4. The van der Waals surface area contributed by atoms with Crippen LogP contribution in [-0.2, 0) is 32.0 Å². The van der Waals surface area contributed by atoms with E-state index >= 15 is 0 Å². The molecule has 232 valence electrons. The summed E-state index contributed by atoms with van der Waals surface area (Å²) in [4.78, 5) is 46.2. The van der Waals surface area contributed by atoms with E-state index in [1.807, 2.05) is 76.2 Å². The summed E-state index contributed by atoms with van der Waals surface area (Å²) in [6.45, 7) is 7.92. The molecule has 46 heavy (non-hydrogen) atoms. The SMILES string of the molecule is CCc1ccc(OC(=O)C#CC(=O)Oc2ccc(CC)cc2)cc1.Cc1ccc(OC(=O)C#CC(=O)Oc2ccc(C)cc2)cc1. The molecule has 0 aliphatic rings. The standard InChI is InChI=1S/C20H18O4.C18H14O4/c1-3-15-5-9-17(10-6-15)23-19(21)13-14-20(22)24-18-11-7-16(4-2)8-12-18;1-13-3-7-15(8-4-13)21-17(19)11-12-18(20)22-16-9-5-14(2)6-10-16/h5-12H,3-4H2,1-2H3;3-10H,1-2H3. The first-order chi connectivity index (χ1) is 22.1. The van der Waals surface area contributed by atoms with Gasteiger partial charge in [0.1, 0.15) is 23.0 Å². The van der Waals surface area contributed by atoms with Gasteiger partial charge in [0.25, 0.3) is 0 Å². The van der Waals surface area contributed by atoms with Gasteiger partial charge in [-0.05, 0) is 86.3 Å². The molecular formula is C38H32O8. The lowest BCUT2D eigenvalue weighted by atomic mass is 10.2. The number of hydrogen-bond acceptors (Lipinski definition) is 8. The second-order valence-electron chi connectivity index (χ2n) is 9.68. The molecule has 0 N–H and O–H groups in total. The summed E-state index contributed by atoms with van der Waals surface area (Å²) in [7, 11) is 0. The number of rotatable bonds is 6. The zero-order chi connectivity index (χ0) is 33.3. The Morgan fingerprint density at radius 2 is 0.630 bits per heavy atom. The van der Waals surface area contributed by atoms with Gasteiger partial charge in [-0.25, -0.2) is 19.2 Å². The van der Waals surface area contributed by atoms with Gasteiger partial charge in [0.2, 0.25) is 0 Å². The Morgan fingerprint density at radius 3 is 0.848 bits per heavy atom. The summed E-state index contributed by atoms with van der Waals surface area (Å²) in [6.07, 6.45) is 1.80. The van der Waals surface area contributed by atoms with Gasteiger partial charge in [-0.15, -0.1) is 0 Å². The van der Waals surface area contributed by atoms with E-state index in [1.165, 1.54) is 0 Å². The summed E-state index contributed by atoms with van der Waals surface area (Å²) in [5.41, 5.74) is 4.37. The van der Waals surface area contributed by atoms with Crippen LogP contribution in [0.1, 0.15) is 36.1 Å². The molecule has 0 fully saturated rings. The van der Waals surface area contributed by atoms with Crippen LogP contribution in [0.5, 0.6) is 23.0 Å². The van der Waals surface area contributed by atoms with E-state index < -0.39 is 23.9 Å². The first-order valence-electron chi connectivity index (χ1n) is 14.4. The normalized spacial score (nSPS) is 9.48. The molecule has 0 unspecified atom stereocenters. The highest BCUT2D eigenvalue weighted by molar-refractivity contribution is 6.00. The van der Waals surface area contributed by atoms with Crippen molar-refractivity contribution in [1.82, 2.24) is 0 Å². The van der Waals surface area contributed by atoms with Crippen LogP contribution in [0, 0.1) is 37.5 Å². The summed E-state index contributed by atoms with van der Waals surface area (Å²) in [6, 6.07) is 28.0. The van der Waals surface area contributed by atoms with E-state index in [0.717, 1.165) is 35.1 Å². The van der Waals surface area contributed by atoms with Gasteiger partial charge in [0.05, 0.1) is 0 Å². The van der Waals surface area contributed by atoms with Crippen molar-refractivity contribution in [1.29, 1.82) is 0 Å². The molecule has 0 radical (unpaired) electrons. The van der Waals surface area contributed by atoms with Crippen LogP contribution >= 0.6 is 0 Å². The minimum absolute atomic E-state index is 0.372. The molecular weight excluding hydrogens is 584 g/mol. The zero-order valence-electron chi connectivity index (χ0n) is 25.9. The fraction of sp³-hybridized carbons (Fsp3) is 0.158. The van der Waals surface area contributed by atoms with E-state index in [-0.39, 0.29) is 0 Å². The van der Waals surface area contributed by atoms with Gasteiger partial charge < -0.3 is 18.9 Å². The number of carbonyl (C=O) groups excluding carboxylic acids is 4. The van der Waals surface area contributed by atoms with Crippen molar-refractivity contribution in [2.24, 2.45) is 0 Å². The van der Waals surface area contributed by atoms with Crippen LogP contribution in [0.3, 0.4) is 0 Å². The van der Waals surface area contributed by atoms with Crippen LogP contribution in [0.2, 0.25) is 0 Å². The van der Waals surface area contributed by atoms with Gasteiger partial charge in [-0.3, -0.25) is 0 Å². The fourth-order valence-electron chi connectivity index (χ4n) is 3.53. The minimum Gasteiger partial charge on any atom is -0.417 e. The predicted octanol–water partition coefficient (Wildman–Crippen LogP) is 6.14. The summed E-state index contributed by atoms with van der Waals surface area (Å²) in [5.74, 6) is 6.68. The Labute approximate surface area is 268 Å². The van der Waals surface area contributed by atoms with Crippen LogP contribution in [0.25, 0.3) is 0 Å². The van der Waals surface area contributed by atoms with Crippen molar-refractivity contribution in [2.45, 2.75) is 40.5 Å². The highest BCUT2D eigenvalue weighted by Crippen LogP contribution is 2.15. The van der Waals surface area contributed by atoms with Crippen LogP contribution < -0.4 is 18.9 Å². The topological polar surface area (TPSA) is 105 Å². The number of hydrogen-bond donors (Lipinski definition) is 0. The summed E-state index contributed by atoms with van der Waals surface area (Å²) < 4.78 is 20.0. The highest BCUT2D eigenvalue weighted by Gasteiger charge is 2.05. The molecule has 0 amide bonds. The average molecular weight is 617 g/mol. The van der Waals surface area contributed by atoms with Crippen LogP contribution in [-0.4, -0.2) is 23.9 Å². The number of benzene rings is 4. The third-order valence-corrected chi connectivity index (χ3v) is 6.08. The van der Waals surface area contributed by atoms with Crippen molar-refractivity contribution in [2.75, 3.05) is 0 Å². The van der Waals surface area contributed by atoms with Gasteiger partial charge >= 0.3 is 23.9 Å². The number of carbonyl (C=O) groups is 4. The van der Waals surface area contributed by atoms with Crippen molar-refractivity contribution in [3.05, 3.63) is 119 Å². The maximum Gasteiger partial charge on any atom is 0.390 e. The van der Waals surface area contributed by atoms with E-state index in [0.29, 0.717) is 23.0 Å². The molecule has 8 nitrogen and oxygen atoms in total. The number of esters is 4. The molecule has 0 spiro atoms. The van der Waals surface area contributed by atoms with E-state index in [9.17, 15) is 19.2 Å². The Bertz CT molecular complexity index is 1630. The van der Waals surface area contributed by atoms with Crippen molar-refractivity contribution in [3.63, 3.8) is 0 Å². The van der Waals surface area contributed by atoms with Gasteiger partial charge in [-0.2, -0.15) is 0 Å². The molecule has 0 aliphatic carbocycles. The van der Waals surface area contributed by atoms with Crippen molar-refractivity contribution in [3.8, 4) is 46.7 Å². The largest absolute Gasteiger partial charge is 0.417 e. The lowest BCUT2D eigenvalue weighted by Gasteiger charge is -2.01. The number of ether oxygens (including phenoxy) is 4. The summed E-state index contributed by atoms with van der Waals surface area (Å²) in [5, 5.41) is 0. The third-order valence-electron chi connectivity index (χ3n) is 6.08. The Kier molecular flexibility index (Phi) is 13.3. The van der Waals surface area contributed by atoms with E-state index in [4.69, 9.17) is 18.9 Å². The maximum absolute atomic E-state index is 11.6. The van der Waals surface area contributed by atoms with E-state index in [2.05, 4.69) is 23.7 Å². The Morgan fingerprint density at radius 1 is 0.413 bits per heavy atom. The Balaban J connectivity index is 0.000000251. The maximum atomic E-state index is 11.6. The molecule has 4 aromatic rings. The molecule has 0 aromatic heterocycles. The fourth-order valence-corrected chi connectivity index (χ4v) is 3.53. The molecule has 0 aliphatic heterocycles. The molecule has 0 saturated heterocycles. The highest BCUT2D eigenvalue weighted by atomic mass is 16.5. The lowest BCUT2D eigenvalue weighted by molar-refractivity contribution is -0.130. The molecule has 4 aromatic carbocycles. The molecule has 0 saturated carbocycles. The van der Waals surface area contributed by atoms with Crippen molar-refractivity contribution >= 4 is 23.9 Å². The Hall–Kier alpha value is -6.12. The second kappa shape index (κ2) is 17.9. The van der Waals surface area contributed by atoms with Gasteiger partial charge in [0.15, 0.2) is 0 Å². The third kappa shape index (κ3) is 12.6. The molecule has 0 heterocycles. The summed E-state index contributed by atoms with van der Waals surface area (Å²) >= 11 is 0. The van der Waals surface area contributed by atoms with Crippen LogP contribution in [0.15, 0.2) is 97.1 Å². The molecule has 0 bridgehead atoms. The quantitative estimate of drug-likeness (QED) is 0.110. The van der Waals surface area contributed by atoms with Crippen LogP contribution in [0.4, 0.5) is 0 Å².